The number of aromatic nitrogens is 1. The summed E-state index contributed by atoms with van der Waals surface area (Å²) in [6.45, 7) is 3.41. The van der Waals surface area contributed by atoms with E-state index in [0.717, 1.165) is 46.6 Å². The van der Waals surface area contributed by atoms with Crippen molar-refractivity contribution in [3.05, 3.63) is 23.9 Å². The zero-order chi connectivity index (χ0) is 13.2. The topological polar surface area (TPSA) is 69.4 Å². The lowest BCUT2D eigenvalue weighted by Crippen LogP contribution is -2.08. The number of nitrogen functional groups attached to an aromatic ring is 1. The molecule has 0 saturated heterocycles. The van der Waals surface area contributed by atoms with Gasteiger partial charge < -0.3 is 14.9 Å². The number of hydrogen-bond donors (Lipinski definition) is 2. The van der Waals surface area contributed by atoms with Gasteiger partial charge in [0.1, 0.15) is 0 Å². The van der Waals surface area contributed by atoms with E-state index < -0.39 is 0 Å². The van der Waals surface area contributed by atoms with Gasteiger partial charge in [0.05, 0.1) is 24.4 Å². The Morgan fingerprint density at radius 1 is 1.21 bits per heavy atom. The minimum Gasteiger partial charge on any atom is -0.490 e. The second-order valence-corrected chi connectivity index (χ2v) is 4.53. The number of pyridine rings is 1. The normalized spacial score (nSPS) is 14.2. The van der Waals surface area contributed by atoms with E-state index in [-0.39, 0.29) is 0 Å². The Kier molecular flexibility index (Phi) is 3.13. The number of nitrogens with two attached hydrogens (primary N) is 1. The number of rotatable bonds is 2. The van der Waals surface area contributed by atoms with E-state index in [2.05, 4.69) is 17.3 Å². The molecule has 0 fully saturated rings. The van der Waals surface area contributed by atoms with Crippen LogP contribution in [0.1, 0.15) is 19.0 Å². The van der Waals surface area contributed by atoms with E-state index in [1.165, 1.54) is 0 Å². The van der Waals surface area contributed by atoms with Crippen molar-refractivity contribution in [2.75, 3.05) is 18.6 Å². The summed E-state index contributed by atoms with van der Waals surface area (Å²) < 4.78 is 11.4. The monoisotopic (exact) mass is 259 g/mol. The fraction of sp³-hybridized carbons (Fsp3) is 0.357. The SMILES string of the molecule is CCc1cc(NN)c2cc3c(cc2n1)OCCCO3. The van der Waals surface area contributed by atoms with Crippen molar-refractivity contribution < 1.29 is 9.47 Å². The van der Waals surface area contributed by atoms with Crippen LogP contribution >= 0.6 is 0 Å². The summed E-state index contributed by atoms with van der Waals surface area (Å²) in [6.07, 6.45) is 1.75. The molecule has 2 aromatic rings. The Labute approximate surface area is 111 Å². The van der Waals surface area contributed by atoms with E-state index in [0.29, 0.717) is 13.2 Å². The lowest BCUT2D eigenvalue weighted by Gasteiger charge is -2.12. The number of hydrogen-bond acceptors (Lipinski definition) is 5. The summed E-state index contributed by atoms with van der Waals surface area (Å²) in [6, 6.07) is 5.83. The quantitative estimate of drug-likeness (QED) is 0.639. The first kappa shape index (κ1) is 12.0. The molecule has 0 amide bonds. The lowest BCUT2D eigenvalue weighted by molar-refractivity contribution is 0.297. The number of fused-ring (bicyclic) bond motifs is 2. The molecule has 1 aliphatic heterocycles. The molecule has 0 aliphatic carbocycles. The Bertz CT molecular complexity index is 613. The van der Waals surface area contributed by atoms with E-state index >= 15 is 0 Å². The first-order valence-corrected chi connectivity index (χ1v) is 6.51. The van der Waals surface area contributed by atoms with Crippen molar-refractivity contribution in [2.24, 2.45) is 5.84 Å². The molecule has 5 nitrogen and oxygen atoms in total. The highest BCUT2D eigenvalue weighted by Gasteiger charge is 2.14. The molecule has 2 heterocycles. The highest BCUT2D eigenvalue weighted by atomic mass is 16.5. The van der Waals surface area contributed by atoms with Crippen molar-refractivity contribution >= 4 is 16.6 Å². The molecule has 3 rings (SSSR count). The van der Waals surface area contributed by atoms with Crippen molar-refractivity contribution in [2.45, 2.75) is 19.8 Å². The summed E-state index contributed by atoms with van der Waals surface area (Å²) in [5, 5.41) is 0.948. The first-order chi connectivity index (χ1) is 9.31. The molecule has 0 atom stereocenters. The number of aryl methyl sites for hydroxylation is 1. The molecular weight excluding hydrogens is 242 g/mol. The number of anilines is 1. The van der Waals surface area contributed by atoms with Crippen LogP contribution < -0.4 is 20.7 Å². The van der Waals surface area contributed by atoms with Gasteiger partial charge in [0.25, 0.3) is 0 Å². The van der Waals surface area contributed by atoms with Crippen LogP contribution in [0.25, 0.3) is 10.9 Å². The first-order valence-electron chi connectivity index (χ1n) is 6.51. The predicted molar refractivity (Wildman–Crippen MR) is 74.5 cm³/mol. The molecular formula is C14H17N3O2. The maximum Gasteiger partial charge on any atom is 0.163 e. The number of benzene rings is 1. The smallest absolute Gasteiger partial charge is 0.163 e. The maximum atomic E-state index is 5.69. The van der Waals surface area contributed by atoms with Crippen LogP contribution in [0, 0.1) is 0 Å². The van der Waals surface area contributed by atoms with Crippen LogP contribution in [0.5, 0.6) is 11.5 Å². The minimum absolute atomic E-state index is 0.671. The second kappa shape index (κ2) is 4.93. The fourth-order valence-corrected chi connectivity index (χ4v) is 2.24. The Balaban J connectivity index is 2.22. The van der Waals surface area contributed by atoms with E-state index in [1.807, 2.05) is 18.2 Å². The van der Waals surface area contributed by atoms with Crippen LogP contribution in [0.15, 0.2) is 18.2 Å². The highest BCUT2D eigenvalue weighted by molar-refractivity contribution is 5.93. The lowest BCUT2D eigenvalue weighted by atomic mass is 10.1. The third-order valence-electron chi connectivity index (χ3n) is 3.25. The Morgan fingerprint density at radius 2 is 1.95 bits per heavy atom. The molecule has 19 heavy (non-hydrogen) atoms. The molecule has 1 aromatic heterocycles. The summed E-state index contributed by atoms with van der Waals surface area (Å²) in [5.41, 5.74) is 5.46. The van der Waals surface area contributed by atoms with Gasteiger partial charge >= 0.3 is 0 Å². The molecule has 1 aromatic carbocycles. The summed E-state index contributed by atoms with van der Waals surface area (Å²) in [7, 11) is 0. The summed E-state index contributed by atoms with van der Waals surface area (Å²) in [4.78, 5) is 4.61. The molecule has 0 bridgehead atoms. The number of ether oxygens (including phenoxy) is 2. The molecule has 0 unspecified atom stereocenters. The summed E-state index contributed by atoms with van der Waals surface area (Å²) >= 11 is 0. The maximum absolute atomic E-state index is 5.69. The van der Waals surface area contributed by atoms with Gasteiger partial charge in [0.2, 0.25) is 0 Å². The average molecular weight is 259 g/mol. The molecule has 0 spiro atoms. The average Bonchev–Trinajstić information content (AvgIpc) is 2.68. The Hall–Kier alpha value is -2.01. The van der Waals surface area contributed by atoms with E-state index in [4.69, 9.17) is 15.3 Å². The zero-order valence-electron chi connectivity index (χ0n) is 10.9. The molecule has 5 heteroatoms. The van der Waals surface area contributed by atoms with Crippen LogP contribution in [0.2, 0.25) is 0 Å². The Morgan fingerprint density at radius 3 is 2.63 bits per heavy atom. The predicted octanol–water partition coefficient (Wildman–Crippen LogP) is 2.24. The van der Waals surface area contributed by atoms with E-state index in [9.17, 15) is 0 Å². The van der Waals surface area contributed by atoms with Gasteiger partial charge in [-0.1, -0.05) is 6.92 Å². The number of nitrogens with zero attached hydrogens (tertiary/aromatic N) is 1. The molecule has 0 saturated carbocycles. The molecule has 100 valence electrons. The van der Waals surface area contributed by atoms with Gasteiger partial charge in [-0.2, -0.15) is 0 Å². The largest absolute Gasteiger partial charge is 0.490 e. The zero-order valence-corrected chi connectivity index (χ0v) is 10.9. The van der Waals surface area contributed by atoms with Crippen LogP contribution in [-0.2, 0) is 6.42 Å². The summed E-state index contributed by atoms with van der Waals surface area (Å²) in [5.74, 6) is 7.11. The third kappa shape index (κ3) is 2.17. The molecule has 1 aliphatic rings. The van der Waals surface area contributed by atoms with Gasteiger partial charge in [-0.05, 0) is 18.6 Å². The standard InChI is InChI=1S/C14H17N3O2/c1-2-9-6-12(17-15)10-7-13-14(8-11(10)16-9)19-5-3-4-18-13/h6-8H,2-5,15H2,1H3,(H,16,17). The van der Waals surface area contributed by atoms with Gasteiger partial charge in [-0.15, -0.1) is 0 Å². The fourth-order valence-electron chi connectivity index (χ4n) is 2.24. The van der Waals surface area contributed by atoms with Crippen LogP contribution in [0.3, 0.4) is 0 Å². The van der Waals surface area contributed by atoms with Gasteiger partial charge in [-0.25, -0.2) is 0 Å². The second-order valence-electron chi connectivity index (χ2n) is 4.53. The van der Waals surface area contributed by atoms with Crippen molar-refractivity contribution in [3.63, 3.8) is 0 Å². The molecule has 0 radical (unpaired) electrons. The number of nitrogens with one attached hydrogen (secondary N) is 1. The minimum atomic E-state index is 0.671. The van der Waals surface area contributed by atoms with Gasteiger partial charge in [-0.3, -0.25) is 10.8 Å². The van der Waals surface area contributed by atoms with Gasteiger partial charge in [0.15, 0.2) is 11.5 Å². The number of hydrazine groups is 1. The van der Waals surface area contributed by atoms with Crippen molar-refractivity contribution in [1.82, 2.24) is 4.98 Å². The van der Waals surface area contributed by atoms with Gasteiger partial charge in [0, 0.05) is 23.6 Å². The van der Waals surface area contributed by atoms with E-state index in [1.54, 1.807) is 0 Å². The molecule has 3 N–H and O–H groups in total. The third-order valence-corrected chi connectivity index (χ3v) is 3.25. The van der Waals surface area contributed by atoms with Crippen molar-refractivity contribution in [1.29, 1.82) is 0 Å². The van der Waals surface area contributed by atoms with Crippen LogP contribution in [0.4, 0.5) is 5.69 Å². The van der Waals surface area contributed by atoms with Crippen molar-refractivity contribution in [3.8, 4) is 11.5 Å². The van der Waals surface area contributed by atoms with Crippen LogP contribution in [-0.4, -0.2) is 18.2 Å². The highest BCUT2D eigenvalue weighted by Crippen LogP contribution is 2.36.